The normalized spacial score (nSPS) is 13.9. The number of primary amides is 1. The van der Waals surface area contributed by atoms with Gasteiger partial charge in [-0.2, -0.15) is 0 Å². The number of aliphatic hydroxyl groups is 1. The molecule has 0 spiro atoms. The molecular formula is C13H21N3O2. The molecule has 1 rings (SSSR count). The lowest BCUT2D eigenvalue weighted by molar-refractivity contribution is -0.120. The lowest BCUT2D eigenvalue weighted by atomic mass is 9.98. The molecule has 1 amide bonds. The third-order valence-electron chi connectivity index (χ3n) is 3.03. The van der Waals surface area contributed by atoms with Crippen LogP contribution in [0.3, 0.4) is 0 Å². The first-order valence-electron chi connectivity index (χ1n) is 6.09. The van der Waals surface area contributed by atoms with Crippen molar-refractivity contribution in [3.05, 3.63) is 24.4 Å². The van der Waals surface area contributed by atoms with E-state index in [1.54, 1.807) is 6.20 Å². The molecule has 0 aliphatic rings. The lowest BCUT2D eigenvalue weighted by Gasteiger charge is -2.22. The molecule has 0 unspecified atom stereocenters. The Morgan fingerprint density at radius 1 is 1.56 bits per heavy atom. The molecule has 0 saturated carbocycles. The molecule has 5 heteroatoms. The van der Waals surface area contributed by atoms with E-state index in [4.69, 9.17) is 5.73 Å². The Kier molecular flexibility index (Phi) is 5.58. The number of carbonyl (C=O) groups is 1. The first-order valence-corrected chi connectivity index (χ1v) is 6.09. The van der Waals surface area contributed by atoms with Gasteiger partial charge in [0, 0.05) is 19.8 Å². The summed E-state index contributed by atoms with van der Waals surface area (Å²) in [6, 6.07) is 5.74. The van der Waals surface area contributed by atoms with Crippen LogP contribution < -0.4 is 10.6 Å². The number of aliphatic hydroxyl groups excluding tert-OH is 1. The largest absolute Gasteiger partial charge is 0.392 e. The molecule has 1 aromatic heterocycles. The summed E-state index contributed by atoms with van der Waals surface area (Å²) >= 11 is 0. The van der Waals surface area contributed by atoms with Crippen LogP contribution in [-0.2, 0) is 4.79 Å². The van der Waals surface area contributed by atoms with Gasteiger partial charge in [-0.3, -0.25) is 4.79 Å². The predicted octanol–water partition coefficient (Wildman–Crippen LogP) is 0.780. The van der Waals surface area contributed by atoms with Crippen molar-refractivity contribution < 1.29 is 9.90 Å². The number of aromatic nitrogens is 1. The van der Waals surface area contributed by atoms with E-state index in [0.29, 0.717) is 0 Å². The molecule has 18 heavy (non-hydrogen) atoms. The van der Waals surface area contributed by atoms with Crippen molar-refractivity contribution in [3.63, 3.8) is 0 Å². The Labute approximate surface area is 108 Å². The van der Waals surface area contributed by atoms with E-state index >= 15 is 0 Å². The van der Waals surface area contributed by atoms with Gasteiger partial charge in [-0.25, -0.2) is 4.98 Å². The van der Waals surface area contributed by atoms with E-state index in [-0.39, 0.29) is 12.3 Å². The molecule has 0 aliphatic heterocycles. The average molecular weight is 251 g/mol. The summed E-state index contributed by atoms with van der Waals surface area (Å²) in [5.74, 6) is 0.463. The van der Waals surface area contributed by atoms with Crippen molar-refractivity contribution in [2.75, 3.05) is 18.5 Å². The standard InChI is InChI=1S/C13H21N3O2/c1-10(11(17)9-12(14)18)6-8-16(2)13-5-3-4-7-15-13/h3-5,7,10-11,17H,6,8-9H2,1-2H3,(H2,14,18)/t10-,11+/m1/s1. The summed E-state index contributed by atoms with van der Waals surface area (Å²) in [5, 5.41) is 9.74. The van der Waals surface area contributed by atoms with E-state index in [0.717, 1.165) is 18.8 Å². The van der Waals surface area contributed by atoms with E-state index in [9.17, 15) is 9.90 Å². The summed E-state index contributed by atoms with van der Waals surface area (Å²) in [4.78, 5) is 17.0. The first-order chi connectivity index (χ1) is 8.50. The number of carbonyl (C=O) groups excluding carboxylic acids is 1. The van der Waals surface area contributed by atoms with Crippen molar-refractivity contribution in [2.45, 2.75) is 25.9 Å². The van der Waals surface area contributed by atoms with E-state index in [1.165, 1.54) is 0 Å². The van der Waals surface area contributed by atoms with Crippen LogP contribution >= 0.6 is 0 Å². The molecule has 0 aliphatic carbocycles. The zero-order valence-corrected chi connectivity index (χ0v) is 10.9. The van der Waals surface area contributed by atoms with Crippen molar-refractivity contribution in [3.8, 4) is 0 Å². The topological polar surface area (TPSA) is 79.4 Å². The van der Waals surface area contributed by atoms with Crippen LogP contribution in [0, 0.1) is 5.92 Å². The van der Waals surface area contributed by atoms with E-state index in [2.05, 4.69) is 4.98 Å². The molecule has 100 valence electrons. The summed E-state index contributed by atoms with van der Waals surface area (Å²) in [6.45, 7) is 2.69. The van der Waals surface area contributed by atoms with Gasteiger partial charge in [0.25, 0.3) is 0 Å². The van der Waals surface area contributed by atoms with Crippen LogP contribution in [0.15, 0.2) is 24.4 Å². The lowest BCUT2D eigenvalue weighted by Crippen LogP contribution is -2.29. The summed E-state index contributed by atoms with van der Waals surface area (Å²) in [7, 11) is 1.95. The highest BCUT2D eigenvalue weighted by Gasteiger charge is 2.17. The average Bonchev–Trinajstić information content (AvgIpc) is 2.35. The Morgan fingerprint density at radius 3 is 2.83 bits per heavy atom. The van der Waals surface area contributed by atoms with Crippen LogP contribution in [0.25, 0.3) is 0 Å². The molecule has 0 radical (unpaired) electrons. The second-order valence-electron chi connectivity index (χ2n) is 4.61. The maximum atomic E-state index is 10.7. The first kappa shape index (κ1) is 14.4. The Balaban J connectivity index is 2.38. The fraction of sp³-hybridized carbons (Fsp3) is 0.538. The maximum absolute atomic E-state index is 10.7. The minimum atomic E-state index is -0.667. The minimum absolute atomic E-state index is 0.0223. The third-order valence-corrected chi connectivity index (χ3v) is 3.03. The number of anilines is 1. The fourth-order valence-corrected chi connectivity index (χ4v) is 1.69. The SMILES string of the molecule is C[C@H](CCN(C)c1ccccn1)[C@@H](O)CC(N)=O. The summed E-state index contributed by atoms with van der Waals surface area (Å²) in [6.07, 6.45) is 1.88. The van der Waals surface area contributed by atoms with Gasteiger partial charge < -0.3 is 15.7 Å². The molecule has 0 saturated heterocycles. The van der Waals surface area contributed by atoms with Crippen molar-refractivity contribution in [2.24, 2.45) is 11.7 Å². The Hall–Kier alpha value is -1.62. The number of hydrogen-bond acceptors (Lipinski definition) is 4. The fourth-order valence-electron chi connectivity index (χ4n) is 1.69. The third kappa shape index (κ3) is 4.71. The van der Waals surface area contributed by atoms with Gasteiger partial charge in [-0.15, -0.1) is 0 Å². The van der Waals surface area contributed by atoms with Gasteiger partial charge >= 0.3 is 0 Å². The minimum Gasteiger partial charge on any atom is -0.392 e. The highest BCUT2D eigenvalue weighted by atomic mass is 16.3. The van der Waals surface area contributed by atoms with Crippen molar-refractivity contribution in [1.29, 1.82) is 0 Å². The number of amides is 1. The maximum Gasteiger partial charge on any atom is 0.220 e. The van der Waals surface area contributed by atoms with E-state index in [1.807, 2.05) is 37.1 Å². The van der Waals surface area contributed by atoms with Crippen LogP contribution in [-0.4, -0.2) is 35.7 Å². The quantitative estimate of drug-likeness (QED) is 0.750. The smallest absolute Gasteiger partial charge is 0.220 e. The van der Waals surface area contributed by atoms with Crippen molar-refractivity contribution in [1.82, 2.24) is 4.98 Å². The molecule has 0 bridgehead atoms. The number of rotatable bonds is 7. The molecule has 0 aromatic carbocycles. The van der Waals surface area contributed by atoms with Crippen LogP contribution in [0.4, 0.5) is 5.82 Å². The monoisotopic (exact) mass is 251 g/mol. The number of nitrogens with two attached hydrogens (primary N) is 1. The molecule has 5 nitrogen and oxygen atoms in total. The van der Waals surface area contributed by atoms with E-state index < -0.39 is 12.0 Å². The van der Waals surface area contributed by atoms with Gasteiger partial charge in [0.05, 0.1) is 12.5 Å². The zero-order chi connectivity index (χ0) is 13.5. The second kappa shape index (κ2) is 6.96. The van der Waals surface area contributed by atoms with Crippen LogP contribution in [0.2, 0.25) is 0 Å². The zero-order valence-electron chi connectivity index (χ0n) is 10.9. The van der Waals surface area contributed by atoms with Crippen LogP contribution in [0.1, 0.15) is 19.8 Å². The highest BCUT2D eigenvalue weighted by molar-refractivity contribution is 5.74. The van der Waals surface area contributed by atoms with Crippen molar-refractivity contribution >= 4 is 11.7 Å². The van der Waals surface area contributed by atoms with Gasteiger partial charge in [0.1, 0.15) is 5.82 Å². The molecule has 1 aromatic rings. The Morgan fingerprint density at radius 2 is 2.28 bits per heavy atom. The number of hydrogen-bond donors (Lipinski definition) is 2. The van der Waals surface area contributed by atoms with Gasteiger partial charge in [-0.1, -0.05) is 13.0 Å². The number of pyridine rings is 1. The Bertz CT molecular complexity index is 370. The molecule has 2 atom stereocenters. The van der Waals surface area contributed by atoms with Gasteiger partial charge in [0.15, 0.2) is 0 Å². The molecule has 0 fully saturated rings. The molecule has 3 N–H and O–H groups in total. The van der Waals surface area contributed by atoms with Gasteiger partial charge in [0.2, 0.25) is 5.91 Å². The summed E-state index contributed by atoms with van der Waals surface area (Å²) in [5.41, 5.74) is 5.06. The van der Waals surface area contributed by atoms with Gasteiger partial charge in [-0.05, 0) is 24.5 Å². The molecule has 1 heterocycles. The second-order valence-corrected chi connectivity index (χ2v) is 4.61. The molecular weight excluding hydrogens is 230 g/mol. The predicted molar refractivity (Wildman–Crippen MR) is 71.1 cm³/mol. The summed E-state index contributed by atoms with van der Waals surface area (Å²) < 4.78 is 0. The highest BCUT2D eigenvalue weighted by Crippen LogP contribution is 2.14. The van der Waals surface area contributed by atoms with Crippen LogP contribution in [0.5, 0.6) is 0 Å². The number of nitrogens with zero attached hydrogens (tertiary/aromatic N) is 2.